The van der Waals surface area contributed by atoms with Crippen LogP contribution in [0, 0.1) is 12.8 Å². The standard InChI is InChI=1S/2C9H9.2ClH.2Pd/c2*1-2-6-9-7-4-3-5-8-9;;;;/h2*2-8H,1H2;2*1H;;/q2*-1;;;2*+2/p-2. The molecule has 2 rings (SSSR count). The summed E-state index contributed by atoms with van der Waals surface area (Å²) in [6.07, 6.45) is 7.52. The Morgan fingerprint density at radius 3 is 1.09 bits per heavy atom. The molecule has 0 spiro atoms. The summed E-state index contributed by atoms with van der Waals surface area (Å²) in [4.78, 5) is 0. The Bertz CT molecular complexity index is 414. The first-order valence-corrected chi connectivity index (χ1v) is 5.88. The fourth-order valence-corrected chi connectivity index (χ4v) is 1.40. The van der Waals surface area contributed by atoms with Gasteiger partial charge < -0.3 is 24.8 Å². The van der Waals surface area contributed by atoms with Gasteiger partial charge in [0.2, 0.25) is 0 Å². The van der Waals surface area contributed by atoms with Gasteiger partial charge in [0.25, 0.3) is 0 Å². The van der Waals surface area contributed by atoms with E-state index < -0.39 is 0 Å². The Labute approximate surface area is 174 Å². The van der Waals surface area contributed by atoms with Gasteiger partial charge in [0.1, 0.15) is 0 Å². The Balaban J connectivity index is -0.000000125. The molecule has 0 aliphatic heterocycles. The molecule has 2 aromatic carbocycles. The van der Waals surface area contributed by atoms with Crippen molar-refractivity contribution in [3.05, 3.63) is 110 Å². The second kappa shape index (κ2) is 20.6. The number of allylic oxidation sites excluding steroid dienone is 2. The van der Waals surface area contributed by atoms with Crippen molar-refractivity contribution in [2.75, 3.05) is 0 Å². The molecule has 0 saturated heterocycles. The summed E-state index contributed by atoms with van der Waals surface area (Å²) in [7, 11) is 0. The van der Waals surface area contributed by atoms with Crippen molar-refractivity contribution < 1.29 is 65.7 Å². The third-order valence-corrected chi connectivity index (χ3v) is 2.22. The zero-order valence-electron chi connectivity index (χ0n) is 11.9. The minimum absolute atomic E-state index is 0. The molecule has 0 aromatic heterocycles. The first kappa shape index (κ1) is 29.6. The summed E-state index contributed by atoms with van der Waals surface area (Å²) in [5.74, 6) is 0. The minimum atomic E-state index is 0. The van der Waals surface area contributed by atoms with Crippen molar-refractivity contribution in [2.24, 2.45) is 0 Å². The van der Waals surface area contributed by atoms with Gasteiger partial charge in [0, 0.05) is 0 Å². The van der Waals surface area contributed by atoms with Gasteiger partial charge in [0.05, 0.1) is 0 Å². The second-order valence-electron chi connectivity index (χ2n) is 3.63. The fourth-order valence-electron chi connectivity index (χ4n) is 1.40. The van der Waals surface area contributed by atoms with E-state index in [1.54, 1.807) is 12.2 Å². The minimum Gasteiger partial charge on any atom is -1.00 e. The van der Waals surface area contributed by atoms with Crippen molar-refractivity contribution >= 4 is 0 Å². The van der Waals surface area contributed by atoms with Crippen LogP contribution in [0.2, 0.25) is 0 Å². The van der Waals surface area contributed by atoms with Crippen LogP contribution in [-0.4, -0.2) is 0 Å². The quantitative estimate of drug-likeness (QED) is 0.355. The molecule has 0 amide bonds. The van der Waals surface area contributed by atoms with Crippen LogP contribution in [-0.2, 0) is 40.8 Å². The van der Waals surface area contributed by atoms with Gasteiger partial charge in [-0.25, -0.2) is 0 Å². The van der Waals surface area contributed by atoms with Crippen LogP contribution in [0.1, 0.15) is 11.1 Å². The van der Waals surface area contributed by atoms with E-state index >= 15 is 0 Å². The molecule has 0 N–H and O–H groups in total. The second-order valence-corrected chi connectivity index (χ2v) is 3.63. The monoisotopic (exact) mass is 516 g/mol. The Kier molecular flexibility index (Phi) is 27.6. The van der Waals surface area contributed by atoms with Gasteiger partial charge in [-0.3, -0.25) is 0 Å². The van der Waals surface area contributed by atoms with E-state index in [9.17, 15) is 0 Å². The summed E-state index contributed by atoms with van der Waals surface area (Å²) in [6.45, 7) is 7.20. The molecule has 0 nitrogen and oxygen atoms in total. The van der Waals surface area contributed by atoms with Crippen LogP contribution in [0.5, 0.6) is 0 Å². The summed E-state index contributed by atoms with van der Waals surface area (Å²) >= 11 is 0. The van der Waals surface area contributed by atoms with E-state index in [-0.39, 0.29) is 65.7 Å². The van der Waals surface area contributed by atoms with Crippen LogP contribution in [0.25, 0.3) is 0 Å². The molecule has 0 unspecified atom stereocenters. The molecule has 0 saturated carbocycles. The van der Waals surface area contributed by atoms with Gasteiger partial charge in [-0.15, -0.1) is 72.5 Å². The maximum atomic E-state index is 3.60. The average Bonchev–Trinajstić information content (AvgIpc) is 2.43. The van der Waals surface area contributed by atoms with Gasteiger partial charge >= 0.3 is 40.8 Å². The predicted molar refractivity (Wildman–Crippen MR) is 80.1 cm³/mol. The number of halogens is 2. The van der Waals surface area contributed by atoms with E-state index in [4.69, 9.17) is 0 Å². The van der Waals surface area contributed by atoms with Crippen molar-refractivity contribution in [3.63, 3.8) is 0 Å². The number of rotatable bonds is 4. The molecule has 0 aliphatic rings. The molecule has 0 atom stereocenters. The molecule has 4 heteroatoms. The van der Waals surface area contributed by atoms with E-state index in [1.807, 2.05) is 73.5 Å². The SMILES string of the molecule is C=C[CH-]c1ccccc1.C=C[CH-]c1ccccc1.[Cl-].[Cl-].[Pd+2].[Pd+2]. The molecule has 0 fully saturated rings. The van der Waals surface area contributed by atoms with Crippen molar-refractivity contribution in [2.45, 2.75) is 0 Å². The van der Waals surface area contributed by atoms with E-state index in [1.165, 1.54) is 11.1 Å². The van der Waals surface area contributed by atoms with Gasteiger partial charge in [0.15, 0.2) is 0 Å². The van der Waals surface area contributed by atoms with Gasteiger partial charge in [-0.05, 0) is 0 Å². The molecule has 0 aliphatic carbocycles. The molecule has 124 valence electrons. The molecule has 22 heavy (non-hydrogen) atoms. The van der Waals surface area contributed by atoms with Gasteiger partial charge in [-0.1, -0.05) is 12.1 Å². The summed E-state index contributed by atoms with van der Waals surface area (Å²) in [5.41, 5.74) is 2.40. The first-order valence-electron chi connectivity index (χ1n) is 5.88. The smallest absolute Gasteiger partial charge is 1.00 e. The van der Waals surface area contributed by atoms with Crippen LogP contribution in [0.15, 0.2) is 86.0 Å². The van der Waals surface area contributed by atoms with Crippen LogP contribution in [0.4, 0.5) is 0 Å². The molecule has 0 bridgehead atoms. The number of hydrogen-bond acceptors (Lipinski definition) is 0. The predicted octanol–water partition coefficient (Wildman–Crippen LogP) is -1.15. The molecule has 2 aromatic rings. The number of benzene rings is 2. The van der Waals surface area contributed by atoms with E-state index in [2.05, 4.69) is 13.2 Å². The average molecular weight is 518 g/mol. The Morgan fingerprint density at radius 2 is 0.864 bits per heavy atom. The van der Waals surface area contributed by atoms with E-state index in [0.29, 0.717) is 0 Å². The van der Waals surface area contributed by atoms with Crippen molar-refractivity contribution in [1.29, 1.82) is 0 Å². The molecular weight excluding hydrogens is 500 g/mol. The third-order valence-electron chi connectivity index (χ3n) is 2.22. The fraction of sp³-hybridized carbons (Fsp3) is 0. The van der Waals surface area contributed by atoms with Crippen LogP contribution >= 0.6 is 0 Å². The zero-order chi connectivity index (χ0) is 13.1. The summed E-state index contributed by atoms with van der Waals surface area (Å²) in [6, 6.07) is 20.2. The largest absolute Gasteiger partial charge is 2.00 e. The normalized spacial score (nSPS) is 6.91. The summed E-state index contributed by atoms with van der Waals surface area (Å²) in [5, 5.41) is 0. The van der Waals surface area contributed by atoms with E-state index in [0.717, 1.165) is 0 Å². The maximum absolute atomic E-state index is 3.60. The number of hydrogen-bond donors (Lipinski definition) is 0. The molecule has 0 heterocycles. The first-order chi connectivity index (χ1) is 8.86. The van der Waals surface area contributed by atoms with Crippen molar-refractivity contribution in [3.8, 4) is 0 Å². The summed E-state index contributed by atoms with van der Waals surface area (Å²) < 4.78 is 0. The molecular formula is C18H18Cl2Pd2. The van der Waals surface area contributed by atoms with Gasteiger partial charge in [-0.2, -0.15) is 25.3 Å². The Morgan fingerprint density at radius 1 is 0.591 bits per heavy atom. The molecule has 0 radical (unpaired) electrons. The van der Waals surface area contributed by atoms with Crippen LogP contribution in [0.3, 0.4) is 0 Å². The third kappa shape index (κ3) is 14.5. The Hall–Kier alpha value is -0.435. The zero-order valence-corrected chi connectivity index (χ0v) is 16.5. The topological polar surface area (TPSA) is 0 Å². The van der Waals surface area contributed by atoms with Crippen LogP contribution < -0.4 is 24.8 Å². The van der Waals surface area contributed by atoms with Crippen molar-refractivity contribution in [1.82, 2.24) is 0 Å². The maximum Gasteiger partial charge on any atom is 2.00 e.